The van der Waals surface area contributed by atoms with Gasteiger partial charge in [-0.05, 0) is 11.6 Å². The van der Waals surface area contributed by atoms with Crippen molar-refractivity contribution in [2.24, 2.45) is 5.18 Å². The van der Waals surface area contributed by atoms with Crippen molar-refractivity contribution in [3.05, 3.63) is 87.2 Å². The number of aromatic nitrogens is 2. The zero-order valence-corrected chi connectivity index (χ0v) is 13.1. The number of fused-ring (bicyclic) bond motifs is 3. The fourth-order valence-electron chi connectivity index (χ4n) is 3.55. The highest BCUT2D eigenvalue weighted by atomic mass is 16.6. The van der Waals surface area contributed by atoms with Gasteiger partial charge in [0.15, 0.2) is 0 Å². The normalized spacial score (nSPS) is 16.1. The third-order valence-corrected chi connectivity index (χ3v) is 4.66. The van der Waals surface area contributed by atoms with Crippen LogP contribution in [0.2, 0.25) is 0 Å². The van der Waals surface area contributed by atoms with Crippen LogP contribution in [0.3, 0.4) is 0 Å². The average molecular weight is 334 g/mol. The van der Waals surface area contributed by atoms with Gasteiger partial charge in [0.05, 0.1) is 34.7 Å². The molecule has 0 bridgehead atoms. The van der Waals surface area contributed by atoms with E-state index in [0.29, 0.717) is 12.0 Å². The van der Waals surface area contributed by atoms with Gasteiger partial charge in [-0.3, -0.25) is 10.1 Å². The molecule has 0 spiro atoms. The van der Waals surface area contributed by atoms with Crippen molar-refractivity contribution in [3.8, 4) is 11.3 Å². The predicted molar refractivity (Wildman–Crippen MR) is 92.1 cm³/mol. The van der Waals surface area contributed by atoms with Crippen molar-refractivity contribution in [1.29, 1.82) is 0 Å². The van der Waals surface area contributed by atoms with Crippen LogP contribution in [0.25, 0.3) is 11.3 Å². The molecule has 7 nitrogen and oxygen atoms in total. The number of nitroso groups, excluding NO2 is 1. The van der Waals surface area contributed by atoms with E-state index in [1.165, 1.54) is 6.07 Å². The molecule has 1 aromatic heterocycles. The first-order valence-corrected chi connectivity index (χ1v) is 7.87. The lowest BCUT2D eigenvalue weighted by atomic mass is 9.94. The summed E-state index contributed by atoms with van der Waals surface area (Å²) in [5.41, 5.74) is 3.38. The average Bonchev–Trinajstić information content (AvgIpc) is 3.22. The maximum Gasteiger partial charge on any atom is 0.274 e. The zero-order valence-electron chi connectivity index (χ0n) is 13.1. The molecule has 0 saturated carbocycles. The molecule has 124 valence electrons. The Labute approximate surface area is 143 Å². The molecule has 0 N–H and O–H groups in total. The summed E-state index contributed by atoms with van der Waals surface area (Å²) in [4.78, 5) is 26.5. The quantitative estimate of drug-likeness (QED) is 0.396. The van der Waals surface area contributed by atoms with Crippen molar-refractivity contribution in [2.75, 3.05) is 0 Å². The van der Waals surface area contributed by atoms with E-state index in [1.807, 2.05) is 28.8 Å². The van der Waals surface area contributed by atoms with Gasteiger partial charge in [-0.1, -0.05) is 41.6 Å². The first-order valence-electron chi connectivity index (χ1n) is 7.87. The summed E-state index contributed by atoms with van der Waals surface area (Å²) in [5, 5.41) is 14.5. The van der Waals surface area contributed by atoms with Gasteiger partial charge < -0.3 is 4.57 Å². The molecule has 1 aliphatic heterocycles. The van der Waals surface area contributed by atoms with E-state index in [0.717, 1.165) is 16.8 Å². The first kappa shape index (κ1) is 15.2. The van der Waals surface area contributed by atoms with Crippen LogP contribution < -0.4 is 0 Å². The van der Waals surface area contributed by atoms with Crippen LogP contribution >= 0.6 is 0 Å². The highest BCUT2D eigenvalue weighted by molar-refractivity contribution is 5.69. The van der Waals surface area contributed by atoms with Crippen LogP contribution in [0.1, 0.15) is 29.6 Å². The van der Waals surface area contributed by atoms with Gasteiger partial charge in [-0.25, -0.2) is 4.98 Å². The van der Waals surface area contributed by atoms with E-state index in [9.17, 15) is 15.0 Å². The topological polar surface area (TPSA) is 90.4 Å². The summed E-state index contributed by atoms with van der Waals surface area (Å²) in [6, 6.07) is 13.2. The Bertz CT molecular complexity index is 966. The molecule has 7 heteroatoms. The van der Waals surface area contributed by atoms with Crippen LogP contribution in [-0.4, -0.2) is 14.5 Å². The number of rotatable bonds is 5. The lowest BCUT2D eigenvalue weighted by molar-refractivity contribution is -0.385. The summed E-state index contributed by atoms with van der Waals surface area (Å²) in [6.45, 7) is 0. The fraction of sp³-hybridized carbons (Fsp3) is 0.167. The van der Waals surface area contributed by atoms with Gasteiger partial charge >= 0.3 is 0 Å². The molecule has 2 atom stereocenters. The van der Waals surface area contributed by atoms with Crippen LogP contribution in [0.15, 0.2) is 66.2 Å². The van der Waals surface area contributed by atoms with Gasteiger partial charge in [-0.15, -0.1) is 0 Å². The number of hydrogen-bond donors (Lipinski definition) is 0. The maximum absolute atomic E-state index is 11.5. The molecule has 0 fully saturated rings. The number of benzene rings is 2. The van der Waals surface area contributed by atoms with Gasteiger partial charge in [0.1, 0.15) is 6.04 Å². The Morgan fingerprint density at radius 2 is 1.96 bits per heavy atom. The number of hydrogen-bond acceptors (Lipinski definition) is 5. The lowest BCUT2D eigenvalue weighted by Gasteiger charge is -2.18. The monoisotopic (exact) mass is 334 g/mol. The van der Waals surface area contributed by atoms with Crippen LogP contribution in [-0.2, 0) is 0 Å². The summed E-state index contributed by atoms with van der Waals surface area (Å²) in [7, 11) is 0. The molecular formula is C18H14N4O3. The lowest BCUT2D eigenvalue weighted by Crippen LogP contribution is -2.10. The molecule has 1 aliphatic rings. The van der Waals surface area contributed by atoms with Crippen molar-refractivity contribution in [2.45, 2.75) is 18.5 Å². The predicted octanol–water partition coefficient (Wildman–Crippen LogP) is 4.26. The molecule has 0 aliphatic carbocycles. The number of imidazole rings is 1. The molecule has 2 unspecified atom stereocenters. The molecule has 0 radical (unpaired) electrons. The highest BCUT2D eigenvalue weighted by Gasteiger charge is 2.33. The summed E-state index contributed by atoms with van der Waals surface area (Å²) < 4.78 is 2.00. The van der Waals surface area contributed by atoms with E-state index in [4.69, 9.17) is 0 Å². The van der Waals surface area contributed by atoms with Crippen LogP contribution in [0.4, 0.5) is 5.69 Å². The van der Waals surface area contributed by atoms with Gasteiger partial charge in [0, 0.05) is 18.1 Å². The minimum atomic E-state index is -0.812. The molecular weight excluding hydrogens is 320 g/mol. The smallest absolute Gasteiger partial charge is 0.274 e. The molecule has 2 heterocycles. The number of nitro groups is 1. The maximum atomic E-state index is 11.5. The van der Waals surface area contributed by atoms with Gasteiger partial charge in [0.2, 0.25) is 0 Å². The number of para-hydroxylation sites is 1. The molecule has 25 heavy (non-hydrogen) atoms. The fourth-order valence-corrected chi connectivity index (χ4v) is 3.55. The minimum absolute atomic E-state index is 0.0794. The molecule has 2 aromatic carbocycles. The Kier molecular flexibility index (Phi) is 3.61. The molecule has 3 aromatic rings. The Balaban J connectivity index is 1.75. The largest absolute Gasteiger partial charge is 0.323 e. The summed E-state index contributed by atoms with van der Waals surface area (Å²) in [5.74, 6) is 0. The second kappa shape index (κ2) is 5.94. The van der Waals surface area contributed by atoms with Crippen LogP contribution in [0.5, 0.6) is 0 Å². The molecule has 4 rings (SSSR count). The Morgan fingerprint density at radius 1 is 1.20 bits per heavy atom. The number of nitrogens with zero attached hydrogens (tertiary/aromatic N) is 4. The van der Waals surface area contributed by atoms with E-state index in [1.54, 1.807) is 30.7 Å². The standard InChI is InChI=1S/C18H14N4O3/c23-20-15(14-7-3-4-8-16(14)22(24)25)9-17-12-5-1-2-6-13(12)18-10-19-11-21(17)18/h1-8,10-11,15,17H,9H2. The zero-order chi connectivity index (χ0) is 17.4. The second-order valence-corrected chi connectivity index (χ2v) is 5.96. The van der Waals surface area contributed by atoms with Crippen LogP contribution in [0, 0.1) is 15.0 Å². The SMILES string of the molecule is O=NC(CC1c2ccccc2-c2cncn21)c1ccccc1[N+](=O)[O-]. The van der Waals surface area contributed by atoms with Crippen molar-refractivity contribution in [3.63, 3.8) is 0 Å². The number of nitro benzene ring substituents is 1. The molecule has 0 saturated heterocycles. The van der Waals surface area contributed by atoms with Gasteiger partial charge in [0.25, 0.3) is 5.69 Å². The van der Waals surface area contributed by atoms with Crippen molar-refractivity contribution < 1.29 is 4.92 Å². The summed E-state index contributed by atoms with van der Waals surface area (Å²) in [6.07, 6.45) is 3.85. The molecule has 0 amide bonds. The van der Waals surface area contributed by atoms with Crippen molar-refractivity contribution in [1.82, 2.24) is 9.55 Å². The Morgan fingerprint density at radius 3 is 2.76 bits per heavy atom. The first-order chi connectivity index (χ1) is 12.2. The highest BCUT2D eigenvalue weighted by Crippen LogP contribution is 2.44. The van der Waals surface area contributed by atoms with Gasteiger partial charge in [-0.2, -0.15) is 4.91 Å². The van der Waals surface area contributed by atoms with E-state index in [-0.39, 0.29) is 11.7 Å². The third kappa shape index (κ3) is 2.40. The third-order valence-electron chi connectivity index (χ3n) is 4.66. The van der Waals surface area contributed by atoms with Crippen molar-refractivity contribution >= 4 is 5.69 Å². The Hall–Kier alpha value is -3.35. The minimum Gasteiger partial charge on any atom is -0.323 e. The van der Waals surface area contributed by atoms with E-state index < -0.39 is 11.0 Å². The second-order valence-electron chi connectivity index (χ2n) is 5.96. The summed E-state index contributed by atoms with van der Waals surface area (Å²) >= 11 is 0. The van der Waals surface area contributed by atoms with E-state index in [2.05, 4.69) is 10.2 Å². The van der Waals surface area contributed by atoms with E-state index >= 15 is 0 Å².